The number of nitrogens with zero attached hydrogens (tertiary/aromatic N) is 1. The van der Waals surface area contributed by atoms with Gasteiger partial charge in [-0.1, -0.05) is 13.0 Å². The summed E-state index contributed by atoms with van der Waals surface area (Å²) in [5.41, 5.74) is 1.17. The second kappa shape index (κ2) is 5.20. The topological polar surface area (TPSA) is 24.9 Å². The van der Waals surface area contributed by atoms with Crippen LogP contribution in [-0.2, 0) is 0 Å². The van der Waals surface area contributed by atoms with Crippen molar-refractivity contribution in [3.05, 3.63) is 23.9 Å². The molecule has 1 aromatic rings. The maximum atomic E-state index is 5.78. The van der Waals surface area contributed by atoms with Gasteiger partial charge in [0.25, 0.3) is 0 Å². The molecule has 0 aromatic carbocycles. The molecule has 1 heterocycles. The zero-order chi connectivity index (χ0) is 10.6. The van der Waals surface area contributed by atoms with Crippen LogP contribution in [-0.4, -0.2) is 16.9 Å². The fraction of sp³-hybridized carbons (Fsp3) is 0.545. The van der Waals surface area contributed by atoms with Crippen molar-refractivity contribution >= 4 is 17.4 Å². The molecule has 0 saturated carbocycles. The summed E-state index contributed by atoms with van der Waals surface area (Å²) in [7, 11) is 0. The van der Waals surface area contributed by atoms with Gasteiger partial charge in [0.1, 0.15) is 5.82 Å². The van der Waals surface area contributed by atoms with Gasteiger partial charge in [0.15, 0.2) is 0 Å². The first-order valence-electron chi connectivity index (χ1n) is 4.88. The molecule has 0 aliphatic heterocycles. The molecule has 78 valence electrons. The van der Waals surface area contributed by atoms with Crippen LogP contribution in [0.25, 0.3) is 0 Å². The average Bonchev–Trinajstić information content (AvgIpc) is 2.20. The summed E-state index contributed by atoms with van der Waals surface area (Å²) in [6.45, 7) is 6.27. The fourth-order valence-electron chi connectivity index (χ4n) is 1.06. The number of aromatic nitrogens is 1. The zero-order valence-corrected chi connectivity index (χ0v) is 9.67. The highest BCUT2D eigenvalue weighted by Gasteiger charge is 2.10. The lowest BCUT2D eigenvalue weighted by molar-refractivity contribution is 0.564. The normalized spacial score (nSPS) is 14.9. The summed E-state index contributed by atoms with van der Waals surface area (Å²) in [5.74, 6) is 2.03. The number of aryl methyl sites for hydroxylation is 1. The van der Waals surface area contributed by atoms with Gasteiger partial charge in [0.2, 0.25) is 0 Å². The molecule has 0 bridgehead atoms. The van der Waals surface area contributed by atoms with Crippen molar-refractivity contribution in [3.63, 3.8) is 0 Å². The van der Waals surface area contributed by atoms with Crippen molar-refractivity contribution in [3.8, 4) is 0 Å². The van der Waals surface area contributed by atoms with E-state index in [9.17, 15) is 0 Å². The summed E-state index contributed by atoms with van der Waals surface area (Å²) < 4.78 is 0. The third-order valence-corrected chi connectivity index (χ3v) is 2.87. The van der Waals surface area contributed by atoms with Crippen LogP contribution in [0, 0.1) is 12.8 Å². The SMILES string of the molecule is Cc1ccc(NC(C)C(C)CCl)nc1. The highest BCUT2D eigenvalue weighted by atomic mass is 35.5. The highest BCUT2D eigenvalue weighted by Crippen LogP contribution is 2.11. The van der Waals surface area contributed by atoms with E-state index in [4.69, 9.17) is 11.6 Å². The monoisotopic (exact) mass is 212 g/mol. The Morgan fingerprint density at radius 3 is 2.64 bits per heavy atom. The standard InChI is InChI=1S/C11H17ClN2/c1-8-4-5-11(13-7-8)14-10(3)9(2)6-12/h4-5,7,9-10H,6H2,1-3H3,(H,13,14). The van der Waals surface area contributed by atoms with Gasteiger partial charge < -0.3 is 5.32 Å². The minimum absolute atomic E-state index is 0.350. The van der Waals surface area contributed by atoms with Gasteiger partial charge in [-0.2, -0.15) is 0 Å². The summed E-state index contributed by atoms with van der Waals surface area (Å²) in [4.78, 5) is 4.28. The third-order valence-electron chi connectivity index (χ3n) is 2.38. The van der Waals surface area contributed by atoms with E-state index in [2.05, 4.69) is 24.1 Å². The van der Waals surface area contributed by atoms with Crippen LogP contribution in [0.4, 0.5) is 5.82 Å². The predicted octanol–water partition coefficient (Wildman–Crippen LogP) is 3.07. The van der Waals surface area contributed by atoms with Crippen molar-refractivity contribution in [1.29, 1.82) is 0 Å². The van der Waals surface area contributed by atoms with Gasteiger partial charge in [-0.3, -0.25) is 0 Å². The molecule has 2 nitrogen and oxygen atoms in total. The van der Waals surface area contributed by atoms with E-state index in [1.807, 2.05) is 25.3 Å². The smallest absolute Gasteiger partial charge is 0.126 e. The lowest BCUT2D eigenvalue weighted by Crippen LogP contribution is -2.25. The number of anilines is 1. The van der Waals surface area contributed by atoms with E-state index in [1.54, 1.807) is 0 Å². The molecule has 0 aliphatic rings. The van der Waals surface area contributed by atoms with Crippen molar-refractivity contribution in [2.45, 2.75) is 26.8 Å². The van der Waals surface area contributed by atoms with Gasteiger partial charge in [-0.25, -0.2) is 4.98 Å². The second-order valence-electron chi connectivity index (χ2n) is 3.79. The van der Waals surface area contributed by atoms with Gasteiger partial charge in [-0.05, 0) is 31.4 Å². The number of pyridine rings is 1. The predicted molar refractivity (Wildman–Crippen MR) is 61.9 cm³/mol. The lowest BCUT2D eigenvalue weighted by atomic mass is 10.1. The number of halogens is 1. The summed E-state index contributed by atoms with van der Waals surface area (Å²) in [5, 5.41) is 3.32. The molecule has 0 radical (unpaired) electrons. The Bertz CT molecular complexity index is 271. The molecule has 0 aliphatic carbocycles. The number of hydrogen-bond donors (Lipinski definition) is 1. The number of hydrogen-bond acceptors (Lipinski definition) is 2. The molecular weight excluding hydrogens is 196 g/mol. The van der Waals surface area contributed by atoms with Crippen LogP contribution in [0.15, 0.2) is 18.3 Å². The van der Waals surface area contributed by atoms with E-state index in [0.717, 1.165) is 5.82 Å². The lowest BCUT2D eigenvalue weighted by Gasteiger charge is -2.19. The van der Waals surface area contributed by atoms with Crippen LogP contribution < -0.4 is 5.32 Å². The molecule has 0 fully saturated rings. The van der Waals surface area contributed by atoms with Crippen LogP contribution >= 0.6 is 11.6 Å². The Morgan fingerprint density at radius 2 is 2.14 bits per heavy atom. The van der Waals surface area contributed by atoms with Crippen LogP contribution in [0.3, 0.4) is 0 Å². The minimum Gasteiger partial charge on any atom is -0.367 e. The van der Waals surface area contributed by atoms with E-state index in [-0.39, 0.29) is 0 Å². The average molecular weight is 213 g/mol. The van der Waals surface area contributed by atoms with Gasteiger partial charge >= 0.3 is 0 Å². The quantitative estimate of drug-likeness (QED) is 0.776. The molecule has 14 heavy (non-hydrogen) atoms. The first-order valence-corrected chi connectivity index (χ1v) is 5.42. The molecular formula is C11H17ClN2. The highest BCUT2D eigenvalue weighted by molar-refractivity contribution is 6.18. The van der Waals surface area contributed by atoms with Crippen LogP contribution in [0.1, 0.15) is 19.4 Å². The van der Waals surface area contributed by atoms with E-state index in [0.29, 0.717) is 17.8 Å². The summed E-state index contributed by atoms with van der Waals surface area (Å²) >= 11 is 5.78. The Kier molecular flexibility index (Phi) is 4.21. The fourth-order valence-corrected chi connectivity index (χ4v) is 1.33. The third kappa shape index (κ3) is 3.18. The molecule has 3 heteroatoms. The maximum Gasteiger partial charge on any atom is 0.126 e. The second-order valence-corrected chi connectivity index (χ2v) is 4.09. The maximum absolute atomic E-state index is 5.78. The molecule has 0 saturated heterocycles. The Balaban J connectivity index is 2.56. The summed E-state index contributed by atoms with van der Waals surface area (Å²) in [6, 6.07) is 4.39. The van der Waals surface area contributed by atoms with Gasteiger partial charge in [-0.15, -0.1) is 11.6 Å². The van der Waals surface area contributed by atoms with Gasteiger partial charge in [0, 0.05) is 18.1 Å². The van der Waals surface area contributed by atoms with Crippen LogP contribution in [0.2, 0.25) is 0 Å². The minimum atomic E-state index is 0.350. The first-order chi connectivity index (χ1) is 6.63. The molecule has 0 spiro atoms. The molecule has 0 amide bonds. The van der Waals surface area contributed by atoms with Crippen molar-refractivity contribution in [2.75, 3.05) is 11.2 Å². The van der Waals surface area contributed by atoms with Crippen molar-refractivity contribution in [1.82, 2.24) is 4.98 Å². The number of alkyl halides is 1. The van der Waals surface area contributed by atoms with Crippen molar-refractivity contribution in [2.24, 2.45) is 5.92 Å². The Hall–Kier alpha value is -0.760. The summed E-state index contributed by atoms with van der Waals surface area (Å²) in [6.07, 6.45) is 1.86. The van der Waals surface area contributed by atoms with E-state index in [1.165, 1.54) is 5.56 Å². The van der Waals surface area contributed by atoms with Crippen LogP contribution in [0.5, 0.6) is 0 Å². The molecule has 2 atom stereocenters. The van der Waals surface area contributed by atoms with Gasteiger partial charge in [0.05, 0.1) is 0 Å². The number of rotatable bonds is 4. The molecule has 1 aromatic heterocycles. The number of nitrogens with one attached hydrogen (secondary N) is 1. The molecule has 1 rings (SSSR count). The first kappa shape index (κ1) is 11.3. The largest absolute Gasteiger partial charge is 0.367 e. The van der Waals surface area contributed by atoms with E-state index >= 15 is 0 Å². The Morgan fingerprint density at radius 1 is 1.43 bits per heavy atom. The Labute approximate surface area is 90.7 Å². The van der Waals surface area contributed by atoms with Crippen molar-refractivity contribution < 1.29 is 0 Å². The zero-order valence-electron chi connectivity index (χ0n) is 8.92. The molecule has 2 unspecified atom stereocenters. The van der Waals surface area contributed by atoms with E-state index < -0.39 is 0 Å². The molecule has 1 N–H and O–H groups in total.